The first-order valence-electron chi connectivity index (χ1n) is 11.5. The first kappa shape index (κ1) is 26.6. The second-order valence-electron chi connectivity index (χ2n) is 9.55. The van der Waals surface area contributed by atoms with E-state index in [1.54, 1.807) is 0 Å². The van der Waals surface area contributed by atoms with E-state index in [-0.39, 0.29) is 40.2 Å². The predicted octanol–water partition coefficient (Wildman–Crippen LogP) is 5.24. The number of amides is 1. The largest absolute Gasteiger partial charge is 0.540 e. The molecule has 1 fully saturated rings. The summed E-state index contributed by atoms with van der Waals surface area (Å²) in [5.41, 5.74) is 0.0830. The summed E-state index contributed by atoms with van der Waals surface area (Å²) in [6.07, 6.45) is 1.65. The van der Waals surface area contributed by atoms with Gasteiger partial charge >= 0.3 is 5.97 Å². The summed E-state index contributed by atoms with van der Waals surface area (Å²) in [6, 6.07) is 1.58. The van der Waals surface area contributed by atoms with Crippen LogP contribution in [0.15, 0.2) is 12.1 Å². The average molecular weight is 481 g/mol. The molecule has 33 heavy (non-hydrogen) atoms. The van der Waals surface area contributed by atoms with Crippen molar-refractivity contribution in [3.63, 3.8) is 0 Å². The maximum atomic E-state index is 13.3. The Balaban J connectivity index is 2.62. The lowest BCUT2D eigenvalue weighted by atomic mass is 10.00. The number of carboxylic acids is 1. The lowest BCUT2D eigenvalue weighted by molar-refractivity contribution is -0.385. The number of nitrogens with zero attached hydrogens (tertiary/aromatic N) is 2. The highest BCUT2D eigenvalue weighted by molar-refractivity contribution is 6.78. The van der Waals surface area contributed by atoms with Crippen LogP contribution in [0.1, 0.15) is 71.2 Å². The number of benzene rings is 1. The van der Waals surface area contributed by atoms with Gasteiger partial charge in [0.1, 0.15) is 11.6 Å². The van der Waals surface area contributed by atoms with Crippen LogP contribution < -0.4 is 9.16 Å². The molecule has 10 heteroatoms. The number of carboxylic acid groups (broad SMARTS) is 1. The molecule has 0 spiro atoms. The molecule has 1 aromatic carbocycles. The van der Waals surface area contributed by atoms with Crippen molar-refractivity contribution >= 4 is 25.9 Å². The van der Waals surface area contributed by atoms with Gasteiger partial charge in [0.25, 0.3) is 19.9 Å². The van der Waals surface area contributed by atoms with E-state index in [0.29, 0.717) is 19.3 Å². The van der Waals surface area contributed by atoms with Gasteiger partial charge in [0.2, 0.25) is 0 Å². The molecule has 1 atom stereocenters. The van der Waals surface area contributed by atoms with Crippen molar-refractivity contribution in [1.82, 2.24) is 4.90 Å². The monoisotopic (exact) mass is 480 g/mol. The summed E-state index contributed by atoms with van der Waals surface area (Å²) in [7, 11) is -1.03. The van der Waals surface area contributed by atoms with Gasteiger partial charge in [0, 0.05) is 12.6 Å². The Kier molecular flexibility index (Phi) is 8.50. The number of rotatable bonds is 9. The number of hydrogen-bond acceptors (Lipinski definition) is 6. The number of carbonyl (C=O) groups excluding carboxylic acids is 1. The molecule has 9 nitrogen and oxygen atoms in total. The van der Waals surface area contributed by atoms with Gasteiger partial charge in [0.15, 0.2) is 11.5 Å². The van der Waals surface area contributed by atoms with Gasteiger partial charge in [-0.2, -0.15) is 0 Å². The van der Waals surface area contributed by atoms with Crippen molar-refractivity contribution in [3.8, 4) is 11.5 Å². The molecule has 1 heterocycles. The third-order valence-electron chi connectivity index (χ3n) is 6.75. The Bertz CT molecular complexity index is 879. The highest BCUT2D eigenvalue weighted by atomic mass is 28.4. The SMILES string of the molecule is COc1cc(C(=O)N2CCCC[C@H]2C(=O)O)c([N+](=O)[O-])cc1O[Si](C(C)C)(C(C)C)C(C)C. The number of nitro benzene ring substituents is 1. The molecular formula is C23H36N2O7Si. The van der Waals surface area contributed by atoms with Crippen LogP contribution >= 0.6 is 0 Å². The summed E-state index contributed by atoms with van der Waals surface area (Å²) in [5.74, 6) is -1.32. The number of hydrogen-bond donors (Lipinski definition) is 1. The zero-order valence-electron chi connectivity index (χ0n) is 20.6. The van der Waals surface area contributed by atoms with Crippen molar-refractivity contribution in [2.75, 3.05) is 13.7 Å². The summed E-state index contributed by atoms with van der Waals surface area (Å²) < 4.78 is 12.1. The first-order chi connectivity index (χ1) is 15.4. The summed E-state index contributed by atoms with van der Waals surface area (Å²) in [5, 5.41) is 21.5. The molecule has 0 saturated carbocycles. The van der Waals surface area contributed by atoms with Crippen LogP contribution in [0.2, 0.25) is 16.6 Å². The zero-order valence-corrected chi connectivity index (χ0v) is 21.6. The molecular weight excluding hydrogens is 444 g/mol. The number of aliphatic carboxylic acids is 1. The highest BCUT2D eigenvalue weighted by Gasteiger charge is 2.48. The topological polar surface area (TPSA) is 119 Å². The number of methoxy groups -OCH3 is 1. The van der Waals surface area contributed by atoms with Gasteiger partial charge in [0.05, 0.1) is 18.1 Å². The standard InChI is InChI=1S/C23H36N2O7Si/c1-14(2)33(15(3)4,16(5)6)32-21-13-19(25(29)30)17(12-20(21)31-7)22(26)24-11-9-8-10-18(24)23(27)28/h12-16,18H,8-11H2,1-7H3,(H,27,28)/t18-/m0/s1. The lowest BCUT2D eigenvalue weighted by Crippen LogP contribution is -2.50. The molecule has 184 valence electrons. The molecule has 1 saturated heterocycles. The molecule has 1 aliphatic rings. The Morgan fingerprint density at radius 2 is 1.67 bits per heavy atom. The smallest absolute Gasteiger partial charge is 0.326 e. The van der Waals surface area contributed by atoms with Crippen LogP contribution in [-0.2, 0) is 4.79 Å². The third kappa shape index (κ3) is 5.15. The van der Waals surface area contributed by atoms with Gasteiger partial charge in [-0.05, 0) is 35.9 Å². The van der Waals surface area contributed by atoms with Crippen LogP contribution in [-0.4, -0.2) is 54.8 Å². The van der Waals surface area contributed by atoms with Crippen molar-refractivity contribution in [2.45, 2.75) is 83.5 Å². The van der Waals surface area contributed by atoms with Crippen molar-refractivity contribution in [3.05, 3.63) is 27.8 Å². The molecule has 1 aliphatic heterocycles. The Morgan fingerprint density at radius 3 is 2.12 bits per heavy atom. The van der Waals surface area contributed by atoms with Crippen molar-refractivity contribution < 1.29 is 28.8 Å². The first-order valence-corrected chi connectivity index (χ1v) is 13.6. The number of likely N-dealkylation sites (tertiary alicyclic amines) is 1. The molecule has 0 bridgehead atoms. The van der Waals surface area contributed by atoms with Crippen molar-refractivity contribution in [2.24, 2.45) is 0 Å². The van der Waals surface area contributed by atoms with Crippen LogP contribution in [0.4, 0.5) is 5.69 Å². The normalized spacial score (nSPS) is 16.9. The fourth-order valence-corrected chi connectivity index (χ4v) is 10.5. The van der Waals surface area contributed by atoms with Gasteiger partial charge in [-0.25, -0.2) is 4.79 Å². The van der Waals surface area contributed by atoms with E-state index in [2.05, 4.69) is 41.5 Å². The molecule has 0 aliphatic carbocycles. The predicted molar refractivity (Wildman–Crippen MR) is 128 cm³/mol. The van der Waals surface area contributed by atoms with Crippen molar-refractivity contribution in [1.29, 1.82) is 0 Å². The summed E-state index contributed by atoms with van der Waals surface area (Å²) in [4.78, 5) is 37.5. The fourth-order valence-electron chi connectivity index (χ4n) is 5.24. The Morgan fingerprint density at radius 1 is 1.09 bits per heavy atom. The van der Waals surface area contributed by atoms with E-state index in [1.807, 2.05) is 0 Å². The van der Waals surface area contributed by atoms with Crippen LogP contribution in [0.25, 0.3) is 0 Å². The summed E-state index contributed by atoms with van der Waals surface area (Å²) >= 11 is 0. The number of nitro groups is 1. The molecule has 0 unspecified atom stereocenters. The maximum absolute atomic E-state index is 13.3. The molecule has 2 rings (SSSR count). The number of piperidine rings is 1. The minimum atomic E-state index is -2.45. The minimum Gasteiger partial charge on any atom is -0.540 e. The fraction of sp³-hybridized carbons (Fsp3) is 0.652. The van der Waals surface area contributed by atoms with E-state index in [9.17, 15) is 24.8 Å². The van der Waals surface area contributed by atoms with E-state index in [0.717, 1.165) is 0 Å². The second-order valence-corrected chi connectivity index (χ2v) is 14.9. The molecule has 0 aromatic heterocycles. The Labute approximate surface area is 196 Å². The molecule has 1 aromatic rings. The van der Waals surface area contributed by atoms with E-state index in [4.69, 9.17) is 9.16 Å². The third-order valence-corrected chi connectivity index (χ3v) is 12.7. The second kappa shape index (κ2) is 10.5. The maximum Gasteiger partial charge on any atom is 0.326 e. The quantitative estimate of drug-likeness (QED) is 0.292. The molecule has 1 amide bonds. The van der Waals surface area contributed by atoms with E-state index in [1.165, 1.54) is 24.1 Å². The minimum absolute atomic E-state index is 0.191. The van der Waals surface area contributed by atoms with Gasteiger partial charge in [-0.1, -0.05) is 41.5 Å². The lowest BCUT2D eigenvalue weighted by Gasteiger charge is -2.42. The van der Waals surface area contributed by atoms with Crippen LogP contribution in [0, 0.1) is 10.1 Å². The number of carbonyl (C=O) groups is 2. The van der Waals surface area contributed by atoms with Crippen LogP contribution in [0.3, 0.4) is 0 Å². The molecule has 1 N–H and O–H groups in total. The van der Waals surface area contributed by atoms with Gasteiger partial charge in [-0.15, -0.1) is 0 Å². The van der Waals surface area contributed by atoms with E-state index < -0.39 is 36.8 Å². The highest BCUT2D eigenvalue weighted by Crippen LogP contribution is 2.46. The van der Waals surface area contributed by atoms with Gasteiger partial charge < -0.3 is 19.2 Å². The summed E-state index contributed by atoms with van der Waals surface area (Å²) in [6.45, 7) is 12.9. The average Bonchev–Trinajstić information content (AvgIpc) is 2.75. The zero-order chi connectivity index (χ0) is 25.1. The molecule has 0 radical (unpaired) electrons. The number of ether oxygens (including phenoxy) is 1. The van der Waals surface area contributed by atoms with Gasteiger partial charge in [-0.3, -0.25) is 14.9 Å². The van der Waals surface area contributed by atoms with Crippen LogP contribution in [0.5, 0.6) is 11.5 Å². The Hall–Kier alpha value is -2.62. The van der Waals surface area contributed by atoms with E-state index >= 15 is 0 Å².